The summed E-state index contributed by atoms with van der Waals surface area (Å²) >= 11 is 0. The first kappa shape index (κ1) is 20.1. The van der Waals surface area contributed by atoms with Gasteiger partial charge >= 0.3 is 12.1 Å². The first-order chi connectivity index (χ1) is 11.7. The maximum absolute atomic E-state index is 12.2. The molecule has 2 fully saturated rings. The number of carboxylic acids is 1. The van der Waals surface area contributed by atoms with E-state index in [-0.39, 0.29) is 17.9 Å². The highest BCUT2D eigenvalue weighted by atomic mass is 16.6. The van der Waals surface area contributed by atoms with Gasteiger partial charge in [0.05, 0.1) is 6.42 Å². The number of nitrogens with zero attached hydrogens (tertiary/aromatic N) is 1. The summed E-state index contributed by atoms with van der Waals surface area (Å²) in [6.07, 6.45) is 10.2. The highest BCUT2D eigenvalue weighted by Crippen LogP contribution is 2.42. The van der Waals surface area contributed by atoms with Crippen LogP contribution in [0.15, 0.2) is 0 Å². The number of carbonyl (C=O) groups is 2. The number of likely N-dealkylation sites (tertiary alicyclic amines) is 1. The summed E-state index contributed by atoms with van der Waals surface area (Å²) in [6.45, 7) is 6.81. The van der Waals surface area contributed by atoms with Crippen molar-refractivity contribution in [2.24, 2.45) is 11.3 Å². The summed E-state index contributed by atoms with van der Waals surface area (Å²) in [4.78, 5) is 25.4. The third-order valence-corrected chi connectivity index (χ3v) is 5.81. The summed E-state index contributed by atoms with van der Waals surface area (Å²) in [7, 11) is 0. The Morgan fingerprint density at radius 1 is 1.12 bits per heavy atom. The van der Waals surface area contributed by atoms with E-state index in [1.54, 1.807) is 4.90 Å². The third kappa shape index (κ3) is 6.52. The van der Waals surface area contributed by atoms with E-state index in [0.29, 0.717) is 13.1 Å². The van der Waals surface area contributed by atoms with E-state index >= 15 is 0 Å². The van der Waals surface area contributed by atoms with E-state index < -0.39 is 11.6 Å². The van der Waals surface area contributed by atoms with E-state index in [0.717, 1.165) is 31.6 Å². The predicted octanol–water partition coefficient (Wildman–Crippen LogP) is 4.84. The first-order valence-corrected chi connectivity index (χ1v) is 9.89. The lowest BCUT2D eigenvalue weighted by Crippen LogP contribution is -2.46. The number of hydrogen-bond acceptors (Lipinski definition) is 3. The standard InChI is InChI=1S/C20H35NO4/c1-19(2,3)25-18(24)21-13-11-20(12-14-21,15-17(22)23)10-9-16-7-5-4-6-8-16/h16H,4-15H2,1-3H3,(H,22,23). The van der Waals surface area contributed by atoms with Gasteiger partial charge in [-0.3, -0.25) is 4.79 Å². The molecule has 0 radical (unpaired) electrons. The second-order valence-electron chi connectivity index (χ2n) is 9.08. The van der Waals surface area contributed by atoms with Crippen LogP contribution in [0.1, 0.15) is 85.0 Å². The van der Waals surface area contributed by atoms with Gasteiger partial charge in [-0.1, -0.05) is 32.1 Å². The van der Waals surface area contributed by atoms with Gasteiger partial charge in [-0.05, 0) is 57.8 Å². The smallest absolute Gasteiger partial charge is 0.410 e. The Labute approximate surface area is 152 Å². The van der Waals surface area contributed by atoms with Crippen LogP contribution in [-0.4, -0.2) is 40.8 Å². The summed E-state index contributed by atoms with van der Waals surface area (Å²) in [5.41, 5.74) is -0.643. The molecule has 1 amide bonds. The normalized spacial score (nSPS) is 21.8. The quantitative estimate of drug-likeness (QED) is 0.768. The zero-order valence-electron chi connectivity index (χ0n) is 16.2. The average molecular weight is 354 g/mol. The number of rotatable bonds is 5. The summed E-state index contributed by atoms with van der Waals surface area (Å²) in [6, 6.07) is 0. The van der Waals surface area contributed by atoms with Crippen LogP contribution in [0.3, 0.4) is 0 Å². The molecule has 1 N–H and O–H groups in total. The predicted molar refractivity (Wildman–Crippen MR) is 97.5 cm³/mol. The number of carbonyl (C=O) groups excluding carboxylic acids is 1. The van der Waals surface area contributed by atoms with Crippen molar-refractivity contribution in [3.63, 3.8) is 0 Å². The lowest BCUT2D eigenvalue weighted by Gasteiger charge is -2.42. The number of carboxylic acid groups (broad SMARTS) is 1. The van der Waals surface area contributed by atoms with E-state index in [4.69, 9.17) is 4.74 Å². The Kier molecular flexibility index (Phi) is 6.75. The largest absolute Gasteiger partial charge is 0.481 e. The second-order valence-corrected chi connectivity index (χ2v) is 9.08. The Bertz CT molecular complexity index is 455. The van der Waals surface area contributed by atoms with Gasteiger partial charge < -0.3 is 14.7 Å². The second kappa shape index (κ2) is 8.41. The maximum Gasteiger partial charge on any atom is 0.410 e. The van der Waals surface area contributed by atoms with Crippen LogP contribution in [0.2, 0.25) is 0 Å². The molecule has 0 aromatic heterocycles. The van der Waals surface area contributed by atoms with Gasteiger partial charge in [-0.25, -0.2) is 4.79 Å². The fraction of sp³-hybridized carbons (Fsp3) is 0.900. The van der Waals surface area contributed by atoms with Crippen LogP contribution in [0, 0.1) is 11.3 Å². The fourth-order valence-corrected chi connectivity index (χ4v) is 4.31. The first-order valence-electron chi connectivity index (χ1n) is 9.89. The zero-order valence-corrected chi connectivity index (χ0v) is 16.2. The highest BCUT2D eigenvalue weighted by Gasteiger charge is 2.39. The maximum atomic E-state index is 12.2. The van der Waals surface area contributed by atoms with Crippen molar-refractivity contribution in [2.45, 2.75) is 90.6 Å². The molecule has 2 aliphatic rings. The molecule has 0 unspecified atom stereocenters. The van der Waals surface area contributed by atoms with Crippen molar-refractivity contribution in [2.75, 3.05) is 13.1 Å². The van der Waals surface area contributed by atoms with Gasteiger partial charge in [-0.15, -0.1) is 0 Å². The molecule has 5 heteroatoms. The van der Waals surface area contributed by atoms with Gasteiger partial charge in [0.2, 0.25) is 0 Å². The molecule has 0 atom stereocenters. The minimum Gasteiger partial charge on any atom is -0.481 e. The molecular formula is C20H35NO4. The molecule has 1 saturated heterocycles. The van der Waals surface area contributed by atoms with Gasteiger partial charge in [0.25, 0.3) is 0 Å². The van der Waals surface area contributed by atoms with Gasteiger partial charge in [0.15, 0.2) is 0 Å². The molecular weight excluding hydrogens is 318 g/mol. The van der Waals surface area contributed by atoms with E-state index in [1.165, 1.54) is 32.1 Å². The van der Waals surface area contributed by atoms with Crippen LogP contribution in [-0.2, 0) is 9.53 Å². The summed E-state index contributed by atoms with van der Waals surface area (Å²) in [5, 5.41) is 9.39. The van der Waals surface area contributed by atoms with Crippen molar-refractivity contribution >= 4 is 12.1 Å². The van der Waals surface area contributed by atoms with Crippen LogP contribution in [0.4, 0.5) is 4.79 Å². The van der Waals surface area contributed by atoms with Crippen LogP contribution in [0.25, 0.3) is 0 Å². The minimum atomic E-state index is -0.714. The topological polar surface area (TPSA) is 66.8 Å². The molecule has 0 aromatic rings. The lowest BCUT2D eigenvalue weighted by atomic mass is 9.70. The van der Waals surface area contributed by atoms with Crippen molar-refractivity contribution in [3.05, 3.63) is 0 Å². The van der Waals surface area contributed by atoms with Crippen LogP contribution < -0.4 is 0 Å². The molecule has 25 heavy (non-hydrogen) atoms. The molecule has 1 aliphatic heterocycles. The molecule has 144 valence electrons. The summed E-state index contributed by atoms with van der Waals surface area (Å²) in [5.74, 6) is 0.0534. The lowest BCUT2D eigenvalue weighted by molar-refractivity contribution is -0.140. The van der Waals surface area contributed by atoms with Gasteiger partial charge in [0, 0.05) is 13.1 Å². The Morgan fingerprint density at radius 3 is 2.24 bits per heavy atom. The molecule has 0 bridgehead atoms. The minimum absolute atomic E-state index is 0.151. The third-order valence-electron chi connectivity index (χ3n) is 5.81. The Hall–Kier alpha value is -1.26. The molecule has 1 aliphatic carbocycles. The molecule has 0 aromatic carbocycles. The fourth-order valence-electron chi connectivity index (χ4n) is 4.31. The molecule has 1 heterocycles. The van der Waals surface area contributed by atoms with Crippen molar-refractivity contribution in [3.8, 4) is 0 Å². The number of hydrogen-bond donors (Lipinski definition) is 1. The van der Waals surface area contributed by atoms with Crippen LogP contribution >= 0.6 is 0 Å². The van der Waals surface area contributed by atoms with Crippen molar-refractivity contribution in [1.29, 1.82) is 0 Å². The van der Waals surface area contributed by atoms with E-state index in [9.17, 15) is 14.7 Å². The Morgan fingerprint density at radius 2 is 1.72 bits per heavy atom. The van der Waals surface area contributed by atoms with Crippen LogP contribution in [0.5, 0.6) is 0 Å². The molecule has 0 spiro atoms. The number of piperidine rings is 1. The van der Waals surface area contributed by atoms with Gasteiger partial charge in [-0.2, -0.15) is 0 Å². The number of amides is 1. The van der Waals surface area contributed by atoms with Gasteiger partial charge in [0.1, 0.15) is 5.60 Å². The molecule has 5 nitrogen and oxygen atoms in total. The van der Waals surface area contributed by atoms with Crippen molar-refractivity contribution in [1.82, 2.24) is 4.90 Å². The zero-order chi connectivity index (χ0) is 18.5. The SMILES string of the molecule is CC(C)(C)OC(=O)N1CCC(CCC2CCCCC2)(CC(=O)O)CC1. The highest BCUT2D eigenvalue weighted by molar-refractivity contribution is 5.69. The summed E-state index contributed by atoms with van der Waals surface area (Å²) < 4.78 is 5.45. The van der Waals surface area contributed by atoms with Crippen molar-refractivity contribution < 1.29 is 19.4 Å². The monoisotopic (exact) mass is 353 g/mol. The molecule has 1 saturated carbocycles. The van der Waals surface area contributed by atoms with E-state index in [2.05, 4.69) is 0 Å². The number of aliphatic carboxylic acids is 1. The number of ether oxygens (including phenoxy) is 1. The average Bonchev–Trinajstić information content (AvgIpc) is 2.52. The molecule has 2 rings (SSSR count). The Balaban J connectivity index is 1.90. The van der Waals surface area contributed by atoms with E-state index in [1.807, 2.05) is 20.8 Å².